The molecule has 0 spiro atoms. The lowest BCUT2D eigenvalue weighted by molar-refractivity contribution is -0.138. The van der Waals surface area contributed by atoms with Crippen molar-refractivity contribution in [3.63, 3.8) is 0 Å². The van der Waals surface area contributed by atoms with Crippen molar-refractivity contribution in [2.75, 3.05) is 51.8 Å². The van der Waals surface area contributed by atoms with Gasteiger partial charge in [-0.1, -0.05) is 23.8 Å². The number of hydrogen-bond acceptors (Lipinski definition) is 11. The number of amides is 3. The first-order valence-electron chi connectivity index (χ1n) is 19.9. The van der Waals surface area contributed by atoms with Crippen LogP contribution in [0.5, 0.6) is 0 Å². The second-order valence-electron chi connectivity index (χ2n) is 14.6. The van der Waals surface area contributed by atoms with Crippen molar-refractivity contribution >= 4 is 50.6 Å². The third kappa shape index (κ3) is 13.7. The molecule has 0 aliphatic rings. The Morgan fingerprint density at radius 1 is 0.900 bits per heavy atom. The van der Waals surface area contributed by atoms with Gasteiger partial charge in [0.15, 0.2) is 0 Å². The molecule has 2 aromatic carbocycles. The average Bonchev–Trinajstić information content (AvgIpc) is 3.61. The van der Waals surface area contributed by atoms with Gasteiger partial charge in [0, 0.05) is 89.8 Å². The van der Waals surface area contributed by atoms with Gasteiger partial charge in [0.25, 0.3) is 5.91 Å². The fourth-order valence-corrected chi connectivity index (χ4v) is 8.29. The van der Waals surface area contributed by atoms with Gasteiger partial charge in [-0.25, -0.2) is 13.4 Å². The normalized spacial score (nSPS) is 11.9. The number of ether oxygens (including phenoxy) is 1. The second-order valence-corrected chi connectivity index (χ2v) is 16.2. The van der Waals surface area contributed by atoms with E-state index in [1.165, 1.54) is 6.20 Å². The van der Waals surface area contributed by atoms with Gasteiger partial charge in [-0.3, -0.25) is 24.0 Å². The van der Waals surface area contributed by atoms with E-state index in [-0.39, 0.29) is 53.6 Å². The van der Waals surface area contributed by atoms with Crippen molar-refractivity contribution in [3.05, 3.63) is 87.0 Å². The first-order valence-corrected chi connectivity index (χ1v) is 21.3. The molecule has 326 valence electrons. The van der Waals surface area contributed by atoms with E-state index in [1.807, 2.05) is 31.7 Å². The van der Waals surface area contributed by atoms with Crippen molar-refractivity contribution in [3.8, 4) is 0 Å². The van der Waals surface area contributed by atoms with Crippen LogP contribution in [0.25, 0.3) is 10.9 Å². The minimum atomic E-state index is -4.31. The van der Waals surface area contributed by atoms with Crippen molar-refractivity contribution in [1.29, 1.82) is 0 Å². The van der Waals surface area contributed by atoms with Crippen LogP contribution in [0.1, 0.15) is 64.7 Å². The average molecular weight is 852 g/mol. The van der Waals surface area contributed by atoms with Gasteiger partial charge in [-0.2, -0.15) is 4.72 Å². The number of pyridine rings is 1. The summed E-state index contributed by atoms with van der Waals surface area (Å²) < 4.78 is 37.9. The van der Waals surface area contributed by atoms with Crippen LogP contribution in [-0.2, 0) is 49.3 Å². The third-order valence-corrected chi connectivity index (χ3v) is 11.4. The zero-order chi connectivity index (χ0) is 43.8. The summed E-state index contributed by atoms with van der Waals surface area (Å²) in [5, 5.41) is 24.5. The Labute approximate surface area is 349 Å². The lowest BCUT2D eigenvalue weighted by Gasteiger charge is -2.19. The second kappa shape index (κ2) is 22.7. The molecule has 3 amide bonds. The Bertz CT molecular complexity index is 2280. The fraction of sp³-hybridized carbons (Fsp3) is 0.463. The van der Waals surface area contributed by atoms with Crippen LogP contribution in [0.4, 0.5) is 5.95 Å². The predicted octanol–water partition coefficient (Wildman–Crippen LogP) is 1.85. The van der Waals surface area contributed by atoms with Gasteiger partial charge in [0.05, 0.1) is 10.4 Å². The van der Waals surface area contributed by atoms with E-state index in [1.54, 1.807) is 55.1 Å². The van der Waals surface area contributed by atoms with Gasteiger partial charge in [-0.15, -0.1) is 0 Å². The zero-order valence-corrected chi connectivity index (χ0v) is 35.7. The van der Waals surface area contributed by atoms with Crippen LogP contribution in [0, 0.1) is 20.8 Å². The number of benzene rings is 2. The van der Waals surface area contributed by atoms with E-state index in [0.717, 1.165) is 24.1 Å². The molecule has 1 unspecified atom stereocenters. The lowest BCUT2D eigenvalue weighted by Crippen LogP contribution is -2.49. The number of aryl methyl sites for hydroxylation is 5. The Kier molecular flexibility index (Phi) is 17.8. The molecule has 4 rings (SSSR count). The standard InChI is InChI=1S/C41H57N9O9S/c1-27-21-28(2)38(29(3)22-27)60(57,58)48-33(40(55)56)25-46-39(54)32-26-50(34-23-30(9-10-31(34)37(32)53)24-47-41-45-16-18-49(41)5)17-6-14-43-35(51)11-12-36(52)44-15-8-20-59-19-7-13-42-4/h9-10,16,18,21-23,26,33,42,48H,6-8,11-15,17,19-20,24-25H2,1-5H3,(H,43,51)(H,44,52)(H,45,47)(H,46,54)(H,55,56). The van der Waals surface area contributed by atoms with Crippen LogP contribution in [0.15, 0.2) is 58.6 Å². The van der Waals surface area contributed by atoms with Crippen LogP contribution >= 0.6 is 0 Å². The molecule has 19 heteroatoms. The van der Waals surface area contributed by atoms with E-state index >= 15 is 0 Å². The minimum absolute atomic E-state index is 0.00170. The highest BCUT2D eigenvalue weighted by Gasteiger charge is 2.29. The zero-order valence-electron chi connectivity index (χ0n) is 34.9. The molecule has 0 aliphatic heterocycles. The maximum atomic E-state index is 13.8. The molecule has 2 aromatic heterocycles. The number of carboxylic acid groups (broad SMARTS) is 1. The number of rotatable bonds is 25. The summed E-state index contributed by atoms with van der Waals surface area (Å²) in [6.45, 7) is 7.77. The number of fused-ring (bicyclic) bond motifs is 1. The SMILES string of the molecule is CNCCCOCCCNC(=O)CCC(=O)NCCCn1cc(C(=O)NCC(NS(=O)(=O)c2c(C)cc(C)cc2C)C(=O)O)c(=O)c2ccc(CNc3nccn3C)cc21. The number of aromatic nitrogens is 3. The van der Waals surface area contributed by atoms with Crippen LogP contribution in [-0.4, -0.2) is 104 Å². The number of aliphatic carboxylic acids is 1. The Balaban J connectivity index is 1.43. The van der Waals surface area contributed by atoms with Crippen LogP contribution in [0.3, 0.4) is 0 Å². The van der Waals surface area contributed by atoms with E-state index in [0.29, 0.717) is 61.7 Å². The first-order chi connectivity index (χ1) is 28.6. The smallest absolute Gasteiger partial charge is 0.323 e. The molecule has 0 radical (unpaired) electrons. The Morgan fingerprint density at radius 2 is 1.55 bits per heavy atom. The summed E-state index contributed by atoms with van der Waals surface area (Å²) in [6, 6.07) is 6.76. The summed E-state index contributed by atoms with van der Waals surface area (Å²) in [5.74, 6) is -2.32. The van der Waals surface area contributed by atoms with Crippen LogP contribution in [0.2, 0.25) is 0 Å². The number of sulfonamides is 1. The molecule has 7 N–H and O–H groups in total. The van der Waals surface area contributed by atoms with Gasteiger partial charge in [0.1, 0.15) is 11.6 Å². The van der Waals surface area contributed by atoms with Crippen molar-refractivity contribution < 1.29 is 37.4 Å². The summed E-state index contributed by atoms with van der Waals surface area (Å²) in [5.41, 5.74) is 2.16. The monoisotopic (exact) mass is 851 g/mol. The van der Waals surface area contributed by atoms with Crippen molar-refractivity contribution in [1.82, 2.24) is 40.1 Å². The maximum Gasteiger partial charge on any atom is 0.323 e. The molecule has 0 aliphatic carbocycles. The summed E-state index contributed by atoms with van der Waals surface area (Å²) >= 11 is 0. The Hall–Kier alpha value is -5.63. The molecule has 60 heavy (non-hydrogen) atoms. The summed E-state index contributed by atoms with van der Waals surface area (Å²) in [7, 11) is -0.589. The molecule has 0 saturated heterocycles. The number of carboxylic acids is 1. The molecule has 0 saturated carbocycles. The quantitative estimate of drug-likeness (QED) is 0.0473. The highest BCUT2D eigenvalue weighted by atomic mass is 32.2. The molecule has 1 atom stereocenters. The third-order valence-electron chi connectivity index (χ3n) is 9.58. The van der Waals surface area contributed by atoms with Crippen LogP contribution < -0.4 is 36.7 Å². The first kappa shape index (κ1) is 47.1. The number of nitrogens with zero attached hydrogens (tertiary/aromatic N) is 3. The largest absolute Gasteiger partial charge is 0.480 e. The van der Waals surface area contributed by atoms with Gasteiger partial charge >= 0.3 is 5.97 Å². The van der Waals surface area contributed by atoms with Gasteiger partial charge in [0.2, 0.25) is 33.2 Å². The minimum Gasteiger partial charge on any atom is -0.480 e. The number of imidazole rings is 1. The molecule has 4 aromatic rings. The highest BCUT2D eigenvalue weighted by molar-refractivity contribution is 7.89. The molecular formula is C41H57N9O9S. The number of nitrogens with one attached hydrogen (secondary N) is 6. The van der Waals surface area contributed by atoms with Gasteiger partial charge in [-0.05, 0) is 82.4 Å². The number of anilines is 1. The van der Waals surface area contributed by atoms with Crippen molar-refractivity contribution in [2.45, 2.75) is 76.9 Å². The lowest BCUT2D eigenvalue weighted by atomic mass is 10.1. The fourth-order valence-electron chi connectivity index (χ4n) is 6.65. The van der Waals surface area contributed by atoms with Gasteiger partial charge < -0.3 is 45.6 Å². The molecule has 2 heterocycles. The topological polar surface area (TPSA) is 244 Å². The number of carbonyl (C=O) groups is 4. The molecule has 0 bridgehead atoms. The Morgan fingerprint density at radius 3 is 2.17 bits per heavy atom. The number of hydrogen-bond donors (Lipinski definition) is 7. The molecule has 18 nitrogen and oxygen atoms in total. The van der Waals surface area contributed by atoms with Crippen molar-refractivity contribution in [2.24, 2.45) is 7.05 Å². The van der Waals surface area contributed by atoms with E-state index in [4.69, 9.17) is 4.74 Å². The number of carbonyl (C=O) groups excluding carboxylic acids is 3. The molecule has 0 fully saturated rings. The highest BCUT2D eigenvalue weighted by Crippen LogP contribution is 2.22. The maximum absolute atomic E-state index is 13.8. The summed E-state index contributed by atoms with van der Waals surface area (Å²) in [4.78, 5) is 68.6. The summed E-state index contributed by atoms with van der Waals surface area (Å²) in [6.07, 6.45) is 6.82. The predicted molar refractivity (Wildman–Crippen MR) is 227 cm³/mol. The van der Waals surface area contributed by atoms with E-state index in [2.05, 4.69) is 36.3 Å². The van der Waals surface area contributed by atoms with E-state index < -0.39 is 39.9 Å². The van der Waals surface area contributed by atoms with E-state index in [9.17, 15) is 37.5 Å². The molecular weight excluding hydrogens is 795 g/mol.